The summed E-state index contributed by atoms with van der Waals surface area (Å²) in [6, 6.07) is 9.85. The van der Waals surface area contributed by atoms with E-state index in [1.807, 2.05) is 0 Å². The lowest BCUT2D eigenvalue weighted by molar-refractivity contribution is -0.137. The van der Waals surface area contributed by atoms with Crippen molar-refractivity contribution in [3.63, 3.8) is 0 Å². The second-order valence-electron chi connectivity index (χ2n) is 6.26. The molecule has 146 valence electrons. The normalized spacial score (nSPS) is 13.1. The molecule has 0 bridgehead atoms. The Morgan fingerprint density at radius 2 is 1.71 bits per heavy atom. The number of benzene rings is 2. The highest BCUT2D eigenvalue weighted by Gasteiger charge is 2.34. The number of alkyl halides is 3. The van der Waals surface area contributed by atoms with Crippen molar-refractivity contribution in [2.45, 2.75) is 18.7 Å². The molecule has 2 rings (SSSR count). The van der Waals surface area contributed by atoms with Gasteiger partial charge in [0.2, 0.25) is 0 Å². The van der Waals surface area contributed by atoms with Crippen molar-refractivity contribution in [1.82, 2.24) is 0 Å². The van der Waals surface area contributed by atoms with E-state index in [0.29, 0.717) is 0 Å². The Morgan fingerprint density at radius 3 is 2.29 bits per heavy atom. The van der Waals surface area contributed by atoms with Crippen LogP contribution in [0.25, 0.3) is 0 Å². The lowest BCUT2D eigenvalue weighted by Gasteiger charge is -2.24. The number of nitriles is 2. The average Bonchev–Trinajstić information content (AvgIpc) is 2.64. The standard InChI is InChI=1S/C19H15F4N3O2/c1-18(27,11-28-15-5-3-13(9-25)17(20)7-15)10-26-14-4-2-12(8-24)16(6-14)19(21,22)23/h2-7,26-27H,10-11H2,1H3/t18-/m1/s1. The largest absolute Gasteiger partial charge is 0.490 e. The maximum atomic E-state index is 13.5. The Bertz CT molecular complexity index is 944. The molecule has 1 atom stereocenters. The van der Waals surface area contributed by atoms with Gasteiger partial charge in [0.15, 0.2) is 0 Å². The van der Waals surface area contributed by atoms with Gasteiger partial charge >= 0.3 is 6.18 Å². The van der Waals surface area contributed by atoms with Gasteiger partial charge in [-0.05, 0) is 37.3 Å². The summed E-state index contributed by atoms with van der Waals surface area (Å²) in [6.07, 6.45) is -4.69. The molecule has 2 aromatic rings. The highest BCUT2D eigenvalue weighted by Crippen LogP contribution is 2.33. The van der Waals surface area contributed by atoms with Gasteiger partial charge in [-0.1, -0.05) is 0 Å². The van der Waals surface area contributed by atoms with Crippen LogP contribution in [0.15, 0.2) is 36.4 Å². The quantitative estimate of drug-likeness (QED) is 0.728. The third-order valence-electron chi connectivity index (χ3n) is 3.73. The van der Waals surface area contributed by atoms with Gasteiger partial charge in [0.05, 0.1) is 22.8 Å². The van der Waals surface area contributed by atoms with E-state index >= 15 is 0 Å². The summed E-state index contributed by atoms with van der Waals surface area (Å²) in [5, 5.41) is 30.5. The molecule has 0 radical (unpaired) electrons. The molecule has 5 nitrogen and oxygen atoms in total. The minimum absolute atomic E-state index is 0.0658. The molecular formula is C19H15F4N3O2. The first kappa shape index (κ1) is 21.0. The van der Waals surface area contributed by atoms with Crippen molar-refractivity contribution in [2.24, 2.45) is 0 Å². The van der Waals surface area contributed by atoms with Crippen molar-refractivity contribution in [1.29, 1.82) is 10.5 Å². The fourth-order valence-electron chi connectivity index (χ4n) is 2.24. The smallest absolute Gasteiger partial charge is 0.417 e. The molecule has 0 saturated carbocycles. The highest BCUT2D eigenvalue weighted by molar-refractivity contribution is 5.53. The number of hydrogen-bond donors (Lipinski definition) is 2. The molecule has 0 aromatic heterocycles. The second-order valence-corrected chi connectivity index (χ2v) is 6.26. The summed E-state index contributed by atoms with van der Waals surface area (Å²) in [6.45, 7) is 0.928. The minimum Gasteiger partial charge on any atom is -0.490 e. The van der Waals surface area contributed by atoms with Crippen LogP contribution in [0, 0.1) is 28.5 Å². The van der Waals surface area contributed by atoms with Crippen LogP contribution in [-0.2, 0) is 6.18 Å². The lowest BCUT2D eigenvalue weighted by Crippen LogP contribution is -2.39. The maximum Gasteiger partial charge on any atom is 0.417 e. The van der Waals surface area contributed by atoms with Crippen LogP contribution >= 0.6 is 0 Å². The third-order valence-corrected chi connectivity index (χ3v) is 3.73. The average molecular weight is 393 g/mol. The summed E-state index contributed by atoms with van der Waals surface area (Å²) in [5.74, 6) is -0.676. The molecule has 0 unspecified atom stereocenters. The molecule has 9 heteroatoms. The van der Waals surface area contributed by atoms with Crippen LogP contribution in [-0.4, -0.2) is 23.9 Å². The van der Waals surface area contributed by atoms with E-state index in [4.69, 9.17) is 15.3 Å². The summed E-state index contributed by atoms with van der Waals surface area (Å²) >= 11 is 0. The predicted octanol–water partition coefficient (Wildman–Crippen LogP) is 3.83. The summed E-state index contributed by atoms with van der Waals surface area (Å²) in [5.41, 5.74) is -3.17. The van der Waals surface area contributed by atoms with Gasteiger partial charge in [0.1, 0.15) is 29.8 Å². The Hall–Kier alpha value is -3.30. The number of nitrogens with one attached hydrogen (secondary N) is 1. The number of ether oxygens (including phenoxy) is 1. The highest BCUT2D eigenvalue weighted by atomic mass is 19.4. The second kappa shape index (κ2) is 8.15. The lowest BCUT2D eigenvalue weighted by atomic mass is 10.1. The van der Waals surface area contributed by atoms with Gasteiger partial charge in [0, 0.05) is 18.3 Å². The monoisotopic (exact) mass is 393 g/mol. The Kier molecular flexibility index (Phi) is 6.12. The molecule has 0 aliphatic heterocycles. The number of hydrogen-bond acceptors (Lipinski definition) is 5. The van der Waals surface area contributed by atoms with Crippen molar-refractivity contribution < 1.29 is 27.4 Å². The van der Waals surface area contributed by atoms with Gasteiger partial charge in [-0.15, -0.1) is 0 Å². The topological polar surface area (TPSA) is 89.1 Å². The van der Waals surface area contributed by atoms with Gasteiger partial charge in [-0.3, -0.25) is 0 Å². The molecule has 0 heterocycles. The number of nitrogens with zero attached hydrogens (tertiary/aromatic N) is 2. The number of halogens is 4. The summed E-state index contributed by atoms with van der Waals surface area (Å²) in [7, 11) is 0. The summed E-state index contributed by atoms with van der Waals surface area (Å²) in [4.78, 5) is 0. The van der Waals surface area contributed by atoms with E-state index in [1.165, 1.54) is 31.2 Å². The van der Waals surface area contributed by atoms with Crippen molar-refractivity contribution in [3.8, 4) is 17.9 Å². The fraction of sp³-hybridized carbons (Fsp3) is 0.263. The Morgan fingerprint density at radius 1 is 1.07 bits per heavy atom. The zero-order valence-corrected chi connectivity index (χ0v) is 14.6. The molecule has 0 aliphatic carbocycles. The summed E-state index contributed by atoms with van der Waals surface area (Å²) < 4.78 is 57.8. The van der Waals surface area contributed by atoms with Crippen LogP contribution in [0.3, 0.4) is 0 Å². The van der Waals surface area contributed by atoms with Gasteiger partial charge < -0.3 is 15.2 Å². The molecule has 0 spiro atoms. The fourth-order valence-corrected chi connectivity index (χ4v) is 2.24. The van der Waals surface area contributed by atoms with E-state index in [-0.39, 0.29) is 30.2 Å². The van der Waals surface area contributed by atoms with E-state index in [0.717, 1.165) is 18.2 Å². The van der Waals surface area contributed by atoms with Gasteiger partial charge in [-0.25, -0.2) is 4.39 Å². The van der Waals surface area contributed by atoms with Gasteiger partial charge in [-0.2, -0.15) is 23.7 Å². The van der Waals surface area contributed by atoms with Crippen molar-refractivity contribution in [3.05, 3.63) is 58.9 Å². The molecule has 2 N–H and O–H groups in total. The van der Waals surface area contributed by atoms with E-state index < -0.39 is 28.7 Å². The van der Waals surface area contributed by atoms with E-state index in [1.54, 1.807) is 6.07 Å². The van der Waals surface area contributed by atoms with E-state index in [9.17, 15) is 22.7 Å². The molecule has 28 heavy (non-hydrogen) atoms. The SMILES string of the molecule is C[C@@](O)(CNc1ccc(C#N)c(C(F)(F)F)c1)COc1ccc(C#N)c(F)c1. The number of anilines is 1. The predicted molar refractivity (Wildman–Crippen MR) is 91.9 cm³/mol. The molecule has 0 fully saturated rings. The van der Waals surface area contributed by atoms with Crippen LogP contribution in [0.1, 0.15) is 23.6 Å². The molecule has 0 aliphatic rings. The van der Waals surface area contributed by atoms with Crippen LogP contribution in [0.5, 0.6) is 5.75 Å². The number of aliphatic hydroxyl groups is 1. The molecule has 0 saturated heterocycles. The zero-order valence-electron chi connectivity index (χ0n) is 14.6. The maximum absolute atomic E-state index is 13.5. The zero-order chi connectivity index (χ0) is 20.9. The molecular weight excluding hydrogens is 378 g/mol. The van der Waals surface area contributed by atoms with Crippen LogP contribution < -0.4 is 10.1 Å². The first-order valence-electron chi connectivity index (χ1n) is 7.96. The van der Waals surface area contributed by atoms with Crippen molar-refractivity contribution >= 4 is 5.69 Å². The Labute approximate surface area is 158 Å². The first-order valence-corrected chi connectivity index (χ1v) is 7.96. The van der Waals surface area contributed by atoms with Gasteiger partial charge in [0.25, 0.3) is 0 Å². The minimum atomic E-state index is -4.69. The molecule has 2 aromatic carbocycles. The third kappa shape index (κ3) is 5.35. The van der Waals surface area contributed by atoms with Crippen LogP contribution in [0.4, 0.5) is 23.2 Å². The number of rotatable bonds is 6. The Balaban J connectivity index is 2.02. The molecule has 0 amide bonds. The first-order chi connectivity index (χ1) is 13.1. The van der Waals surface area contributed by atoms with E-state index in [2.05, 4.69) is 5.32 Å². The van der Waals surface area contributed by atoms with Crippen molar-refractivity contribution in [2.75, 3.05) is 18.5 Å². The van der Waals surface area contributed by atoms with Crippen LogP contribution in [0.2, 0.25) is 0 Å².